The van der Waals surface area contributed by atoms with E-state index >= 15 is 0 Å². The standard InChI is InChI=1S/C18H25NO2/c20-17-15-13-9-5-1-3-7-11(13)12-8-4-2-6-10-14(12)16(15)18(21)19-17/h13-16H,1-10H2,(H,19,20,21). The molecule has 3 aliphatic carbocycles. The molecule has 3 fully saturated rings. The Bertz CT molecular complexity index is 463. The minimum Gasteiger partial charge on any atom is -0.296 e. The molecule has 4 aliphatic rings. The van der Waals surface area contributed by atoms with E-state index in [4.69, 9.17) is 0 Å². The van der Waals surface area contributed by atoms with E-state index in [1.807, 2.05) is 0 Å². The second-order valence-electron chi connectivity index (χ2n) is 7.37. The highest BCUT2D eigenvalue weighted by Gasteiger charge is 2.54. The molecule has 3 heteroatoms. The lowest BCUT2D eigenvalue weighted by atomic mass is 9.62. The zero-order chi connectivity index (χ0) is 14.4. The number of hydrogen-bond donors (Lipinski definition) is 1. The summed E-state index contributed by atoms with van der Waals surface area (Å²) in [6, 6.07) is 0. The zero-order valence-electron chi connectivity index (χ0n) is 12.7. The van der Waals surface area contributed by atoms with Crippen molar-refractivity contribution in [3.8, 4) is 0 Å². The molecule has 21 heavy (non-hydrogen) atoms. The number of hydrogen-bond acceptors (Lipinski definition) is 2. The molecule has 4 rings (SSSR count). The van der Waals surface area contributed by atoms with E-state index in [0.29, 0.717) is 11.8 Å². The number of fused-ring (bicyclic) bond motifs is 5. The molecule has 0 bridgehead atoms. The molecule has 2 amide bonds. The SMILES string of the molecule is O=C1NC(=O)C2C3CCCCCC3=C3CCCCCC3C12. The van der Waals surface area contributed by atoms with E-state index in [9.17, 15) is 9.59 Å². The Kier molecular flexibility index (Phi) is 3.39. The van der Waals surface area contributed by atoms with Gasteiger partial charge < -0.3 is 0 Å². The van der Waals surface area contributed by atoms with Crippen molar-refractivity contribution in [1.29, 1.82) is 0 Å². The zero-order valence-corrected chi connectivity index (χ0v) is 12.7. The number of imide groups is 1. The molecule has 1 saturated heterocycles. The van der Waals surface area contributed by atoms with Crippen molar-refractivity contribution in [3.63, 3.8) is 0 Å². The molecule has 0 aromatic rings. The summed E-state index contributed by atoms with van der Waals surface area (Å²) in [6.07, 6.45) is 12.1. The van der Waals surface area contributed by atoms with Crippen LogP contribution in [0.25, 0.3) is 0 Å². The second-order valence-corrected chi connectivity index (χ2v) is 7.37. The predicted octanol–water partition coefficient (Wildman–Crippen LogP) is 3.35. The Balaban J connectivity index is 1.83. The Labute approximate surface area is 126 Å². The van der Waals surface area contributed by atoms with Gasteiger partial charge in [0.2, 0.25) is 11.8 Å². The number of nitrogens with one attached hydrogen (secondary N) is 1. The van der Waals surface area contributed by atoms with E-state index in [2.05, 4.69) is 5.32 Å². The van der Waals surface area contributed by atoms with Crippen molar-refractivity contribution in [1.82, 2.24) is 5.32 Å². The largest absolute Gasteiger partial charge is 0.296 e. The van der Waals surface area contributed by atoms with Crippen molar-refractivity contribution in [2.24, 2.45) is 23.7 Å². The highest BCUT2D eigenvalue weighted by Crippen LogP contribution is 2.53. The van der Waals surface area contributed by atoms with Gasteiger partial charge in [0.05, 0.1) is 11.8 Å². The smallest absolute Gasteiger partial charge is 0.231 e. The van der Waals surface area contributed by atoms with Gasteiger partial charge in [0.1, 0.15) is 0 Å². The number of allylic oxidation sites excluding steroid dienone is 2. The lowest BCUT2D eigenvalue weighted by Crippen LogP contribution is -2.38. The fourth-order valence-electron chi connectivity index (χ4n) is 5.50. The summed E-state index contributed by atoms with van der Waals surface area (Å²) in [5.41, 5.74) is 3.20. The molecule has 114 valence electrons. The van der Waals surface area contributed by atoms with Gasteiger partial charge in [-0.15, -0.1) is 0 Å². The van der Waals surface area contributed by atoms with Crippen LogP contribution in [0.5, 0.6) is 0 Å². The fraction of sp³-hybridized carbons (Fsp3) is 0.778. The van der Waals surface area contributed by atoms with Crippen molar-refractivity contribution in [2.45, 2.75) is 64.2 Å². The molecule has 4 unspecified atom stereocenters. The molecule has 1 N–H and O–H groups in total. The Morgan fingerprint density at radius 1 is 0.667 bits per heavy atom. The minimum atomic E-state index is -0.0440. The van der Waals surface area contributed by atoms with E-state index in [-0.39, 0.29) is 23.7 Å². The highest BCUT2D eigenvalue weighted by atomic mass is 16.2. The van der Waals surface area contributed by atoms with Crippen LogP contribution in [0.15, 0.2) is 11.1 Å². The quantitative estimate of drug-likeness (QED) is 0.548. The summed E-state index contributed by atoms with van der Waals surface area (Å²) >= 11 is 0. The number of amides is 2. The lowest BCUT2D eigenvalue weighted by Gasteiger charge is -2.40. The van der Waals surface area contributed by atoms with E-state index < -0.39 is 0 Å². The van der Waals surface area contributed by atoms with Crippen LogP contribution in [-0.2, 0) is 9.59 Å². The summed E-state index contributed by atoms with van der Waals surface area (Å²) < 4.78 is 0. The molecule has 0 spiro atoms. The van der Waals surface area contributed by atoms with Gasteiger partial charge in [-0.1, -0.05) is 36.8 Å². The first kappa shape index (κ1) is 13.5. The molecular formula is C18H25NO2. The van der Waals surface area contributed by atoms with Crippen LogP contribution in [-0.4, -0.2) is 11.8 Å². The fourth-order valence-corrected chi connectivity index (χ4v) is 5.50. The van der Waals surface area contributed by atoms with Gasteiger partial charge in [0.25, 0.3) is 0 Å². The number of carbonyl (C=O) groups excluding carboxylic acids is 2. The number of carbonyl (C=O) groups is 2. The van der Waals surface area contributed by atoms with Crippen LogP contribution >= 0.6 is 0 Å². The van der Waals surface area contributed by atoms with Crippen LogP contribution in [0, 0.1) is 23.7 Å². The molecule has 2 saturated carbocycles. The molecule has 0 aromatic heterocycles. The monoisotopic (exact) mass is 287 g/mol. The molecular weight excluding hydrogens is 262 g/mol. The first-order valence-electron chi connectivity index (χ1n) is 8.84. The van der Waals surface area contributed by atoms with Gasteiger partial charge in [-0.3, -0.25) is 14.9 Å². The van der Waals surface area contributed by atoms with Crippen LogP contribution in [0.4, 0.5) is 0 Å². The Morgan fingerprint density at radius 3 is 1.62 bits per heavy atom. The predicted molar refractivity (Wildman–Crippen MR) is 80.3 cm³/mol. The van der Waals surface area contributed by atoms with Gasteiger partial charge in [-0.05, 0) is 50.4 Å². The second kappa shape index (κ2) is 5.26. The van der Waals surface area contributed by atoms with Crippen LogP contribution < -0.4 is 5.32 Å². The third-order valence-electron chi connectivity index (χ3n) is 6.34. The maximum absolute atomic E-state index is 12.4. The average Bonchev–Trinajstić information content (AvgIpc) is 2.73. The highest BCUT2D eigenvalue weighted by molar-refractivity contribution is 6.06. The third kappa shape index (κ3) is 2.08. The van der Waals surface area contributed by atoms with Gasteiger partial charge in [-0.2, -0.15) is 0 Å². The van der Waals surface area contributed by atoms with Gasteiger partial charge in [0, 0.05) is 0 Å². The van der Waals surface area contributed by atoms with Crippen molar-refractivity contribution >= 4 is 11.8 Å². The van der Waals surface area contributed by atoms with E-state index in [1.165, 1.54) is 51.4 Å². The summed E-state index contributed by atoms with van der Waals surface area (Å²) in [5.74, 6) is 0.701. The first-order chi connectivity index (χ1) is 10.3. The lowest BCUT2D eigenvalue weighted by molar-refractivity contribution is -0.126. The average molecular weight is 287 g/mol. The Morgan fingerprint density at radius 2 is 1.14 bits per heavy atom. The normalized spacial score (nSPS) is 39.8. The summed E-state index contributed by atoms with van der Waals surface area (Å²) in [4.78, 5) is 24.8. The van der Waals surface area contributed by atoms with Crippen LogP contribution in [0.1, 0.15) is 64.2 Å². The molecule has 0 aromatic carbocycles. The summed E-state index contributed by atoms with van der Waals surface area (Å²) in [5, 5.41) is 2.66. The Hall–Kier alpha value is -1.12. The van der Waals surface area contributed by atoms with Crippen LogP contribution in [0.3, 0.4) is 0 Å². The van der Waals surface area contributed by atoms with Crippen molar-refractivity contribution in [2.75, 3.05) is 0 Å². The molecule has 3 nitrogen and oxygen atoms in total. The molecule has 0 radical (unpaired) electrons. The maximum Gasteiger partial charge on any atom is 0.231 e. The van der Waals surface area contributed by atoms with Gasteiger partial charge >= 0.3 is 0 Å². The van der Waals surface area contributed by atoms with Gasteiger partial charge in [-0.25, -0.2) is 0 Å². The topological polar surface area (TPSA) is 46.2 Å². The van der Waals surface area contributed by atoms with E-state index in [1.54, 1.807) is 11.1 Å². The van der Waals surface area contributed by atoms with Gasteiger partial charge in [0.15, 0.2) is 0 Å². The van der Waals surface area contributed by atoms with Crippen molar-refractivity contribution < 1.29 is 9.59 Å². The number of rotatable bonds is 0. The van der Waals surface area contributed by atoms with Crippen molar-refractivity contribution in [3.05, 3.63) is 11.1 Å². The molecule has 1 aliphatic heterocycles. The summed E-state index contributed by atoms with van der Waals surface area (Å²) in [6.45, 7) is 0. The van der Waals surface area contributed by atoms with Crippen LogP contribution in [0.2, 0.25) is 0 Å². The summed E-state index contributed by atoms with van der Waals surface area (Å²) in [7, 11) is 0. The van der Waals surface area contributed by atoms with E-state index in [0.717, 1.165) is 12.8 Å². The first-order valence-corrected chi connectivity index (χ1v) is 8.84. The molecule has 4 atom stereocenters. The third-order valence-corrected chi connectivity index (χ3v) is 6.34. The maximum atomic E-state index is 12.4. The minimum absolute atomic E-state index is 0.0256. The molecule has 1 heterocycles.